The Hall–Kier alpha value is -1.62. The van der Waals surface area contributed by atoms with Gasteiger partial charge in [0.15, 0.2) is 0 Å². The van der Waals surface area contributed by atoms with Crippen LogP contribution < -0.4 is 10.2 Å². The van der Waals surface area contributed by atoms with Gasteiger partial charge in [-0.25, -0.2) is 4.98 Å². The highest BCUT2D eigenvalue weighted by Crippen LogP contribution is 2.36. The van der Waals surface area contributed by atoms with Crippen LogP contribution in [0.5, 0.6) is 5.88 Å². The van der Waals surface area contributed by atoms with Crippen LogP contribution in [0.4, 0.5) is 0 Å². The first kappa shape index (κ1) is 16.3. The third-order valence-electron chi connectivity index (χ3n) is 4.68. The third-order valence-corrected chi connectivity index (χ3v) is 4.68. The van der Waals surface area contributed by atoms with Gasteiger partial charge in [-0.05, 0) is 33.8 Å². The van der Waals surface area contributed by atoms with Crippen molar-refractivity contribution < 1.29 is 18.8 Å². The maximum Gasteiger partial charge on any atom is 0.496 e. The maximum atomic E-state index is 9.38. The van der Waals surface area contributed by atoms with Gasteiger partial charge in [-0.1, -0.05) is 0 Å². The predicted molar refractivity (Wildman–Crippen MR) is 84.5 cm³/mol. The first-order valence-corrected chi connectivity index (χ1v) is 7.82. The van der Waals surface area contributed by atoms with Crippen molar-refractivity contribution in [3.8, 4) is 11.9 Å². The topological polar surface area (TPSA) is 73.6 Å². The normalized spacial score (nSPS) is 25.3. The van der Waals surface area contributed by atoms with E-state index in [1.54, 1.807) is 12.3 Å². The molecule has 0 N–H and O–H groups in total. The van der Waals surface area contributed by atoms with E-state index in [-0.39, 0.29) is 6.10 Å². The molecule has 2 aliphatic rings. The van der Waals surface area contributed by atoms with E-state index in [4.69, 9.17) is 18.8 Å². The molecule has 6 nitrogen and oxygen atoms in total. The van der Waals surface area contributed by atoms with Gasteiger partial charge >= 0.3 is 7.12 Å². The summed E-state index contributed by atoms with van der Waals surface area (Å²) in [5.41, 5.74) is 0.237. The molecule has 2 fully saturated rings. The fourth-order valence-electron chi connectivity index (χ4n) is 2.51. The van der Waals surface area contributed by atoms with Gasteiger partial charge in [0.1, 0.15) is 17.7 Å². The number of pyridine rings is 1. The van der Waals surface area contributed by atoms with E-state index in [1.807, 2.05) is 27.7 Å². The van der Waals surface area contributed by atoms with Crippen LogP contribution in [0.2, 0.25) is 0 Å². The lowest BCUT2D eigenvalue weighted by molar-refractivity contribution is 0.00578. The summed E-state index contributed by atoms with van der Waals surface area (Å²) in [5, 5.41) is 9.38. The highest BCUT2D eigenvalue weighted by atomic mass is 16.7. The highest BCUT2D eigenvalue weighted by molar-refractivity contribution is 6.62. The summed E-state index contributed by atoms with van der Waals surface area (Å²) >= 11 is 0. The number of ether oxygens (including phenoxy) is 2. The molecule has 3 rings (SSSR count). The molecule has 0 spiro atoms. The molecule has 122 valence electrons. The Morgan fingerprint density at radius 1 is 1.30 bits per heavy atom. The number of hydrogen-bond acceptors (Lipinski definition) is 6. The van der Waals surface area contributed by atoms with Crippen molar-refractivity contribution in [2.24, 2.45) is 0 Å². The van der Waals surface area contributed by atoms with Crippen LogP contribution in [-0.4, -0.2) is 42.6 Å². The van der Waals surface area contributed by atoms with Crippen LogP contribution in [0.1, 0.15) is 39.7 Å². The summed E-state index contributed by atoms with van der Waals surface area (Å²) < 4.78 is 23.0. The average Bonchev–Trinajstić information content (AvgIpc) is 3.06. The van der Waals surface area contributed by atoms with Crippen LogP contribution in [0.15, 0.2) is 12.3 Å². The van der Waals surface area contributed by atoms with Gasteiger partial charge in [0.2, 0.25) is 5.88 Å². The molecule has 1 atom stereocenters. The monoisotopic (exact) mass is 316 g/mol. The molecule has 1 aromatic heterocycles. The molecule has 0 bridgehead atoms. The summed E-state index contributed by atoms with van der Waals surface area (Å²) in [6.07, 6.45) is 2.41. The zero-order valence-electron chi connectivity index (χ0n) is 14.0. The minimum atomic E-state index is -0.538. The Balaban J connectivity index is 1.81. The molecule has 2 aliphatic heterocycles. The van der Waals surface area contributed by atoms with Gasteiger partial charge in [-0.15, -0.1) is 0 Å². The molecule has 7 heteroatoms. The number of rotatable bonds is 3. The Kier molecular flexibility index (Phi) is 4.09. The minimum Gasteiger partial charge on any atom is -0.471 e. The van der Waals surface area contributed by atoms with Crippen molar-refractivity contribution in [2.75, 3.05) is 13.2 Å². The molecule has 0 saturated carbocycles. The first-order valence-electron chi connectivity index (χ1n) is 7.82. The third kappa shape index (κ3) is 3.07. The molecule has 0 aliphatic carbocycles. The molecule has 23 heavy (non-hydrogen) atoms. The van der Waals surface area contributed by atoms with E-state index in [9.17, 15) is 5.26 Å². The SMILES string of the molecule is CC1(C)OB(c2cnc(O[C@H]3CCOC3)c(C#N)c2)OC1(C)C. The molecule has 0 amide bonds. The lowest BCUT2D eigenvalue weighted by atomic mass is 9.80. The Labute approximate surface area is 136 Å². The predicted octanol–water partition coefficient (Wildman–Crippen LogP) is 1.42. The lowest BCUT2D eigenvalue weighted by Gasteiger charge is -2.32. The van der Waals surface area contributed by atoms with Gasteiger partial charge in [0.05, 0.1) is 24.4 Å². The van der Waals surface area contributed by atoms with Crippen molar-refractivity contribution >= 4 is 12.6 Å². The van der Waals surface area contributed by atoms with Gasteiger partial charge in [-0.3, -0.25) is 0 Å². The minimum absolute atomic E-state index is 0.0442. The van der Waals surface area contributed by atoms with Crippen molar-refractivity contribution in [1.82, 2.24) is 4.98 Å². The van der Waals surface area contributed by atoms with E-state index >= 15 is 0 Å². The standard InChI is InChI=1S/C16H21BN2O4/c1-15(2)16(3,4)23-17(22-15)12-7-11(8-18)14(19-9-12)21-13-5-6-20-10-13/h7,9,13H,5-6,10H2,1-4H3/t13-/m0/s1. The number of hydrogen-bond donors (Lipinski definition) is 0. The van der Waals surface area contributed by atoms with Crippen molar-refractivity contribution in [2.45, 2.75) is 51.4 Å². The van der Waals surface area contributed by atoms with E-state index < -0.39 is 18.3 Å². The van der Waals surface area contributed by atoms with E-state index in [0.29, 0.717) is 24.7 Å². The van der Waals surface area contributed by atoms with Crippen LogP contribution in [0.25, 0.3) is 0 Å². The second-order valence-electron chi connectivity index (χ2n) is 6.92. The Bertz CT molecular complexity index is 619. The van der Waals surface area contributed by atoms with Crippen LogP contribution in [-0.2, 0) is 14.0 Å². The van der Waals surface area contributed by atoms with Crippen molar-refractivity contribution in [1.29, 1.82) is 5.26 Å². The molecule has 0 aromatic carbocycles. The van der Waals surface area contributed by atoms with Gasteiger partial charge in [0.25, 0.3) is 0 Å². The van der Waals surface area contributed by atoms with Crippen LogP contribution in [0, 0.1) is 11.3 Å². The Morgan fingerprint density at radius 2 is 2.00 bits per heavy atom. The van der Waals surface area contributed by atoms with Crippen molar-refractivity contribution in [3.05, 3.63) is 17.8 Å². The van der Waals surface area contributed by atoms with E-state index in [2.05, 4.69) is 11.1 Å². The second kappa shape index (κ2) is 5.79. The van der Waals surface area contributed by atoms with Gasteiger partial charge in [-0.2, -0.15) is 5.26 Å². The zero-order chi connectivity index (χ0) is 16.7. The number of nitriles is 1. The molecule has 3 heterocycles. The zero-order valence-corrected chi connectivity index (χ0v) is 14.0. The largest absolute Gasteiger partial charge is 0.496 e. The summed E-state index contributed by atoms with van der Waals surface area (Å²) in [5.74, 6) is 0.336. The van der Waals surface area contributed by atoms with Crippen LogP contribution >= 0.6 is 0 Å². The summed E-state index contributed by atoms with van der Waals surface area (Å²) in [6.45, 7) is 9.17. The van der Waals surface area contributed by atoms with Gasteiger partial charge < -0.3 is 18.8 Å². The molecular weight excluding hydrogens is 295 g/mol. The lowest BCUT2D eigenvalue weighted by Crippen LogP contribution is -2.41. The fourth-order valence-corrected chi connectivity index (χ4v) is 2.51. The molecular formula is C16H21BN2O4. The fraction of sp³-hybridized carbons (Fsp3) is 0.625. The Morgan fingerprint density at radius 3 is 2.57 bits per heavy atom. The molecule has 2 saturated heterocycles. The highest BCUT2D eigenvalue weighted by Gasteiger charge is 2.52. The van der Waals surface area contributed by atoms with Gasteiger partial charge in [0, 0.05) is 18.1 Å². The maximum absolute atomic E-state index is 9.38. The van der Waals surface area contributed by atoms with Crippen molar-refractivity contribution in [3.63, 3.8) is 0 Å². The second-order valence-corrected chi connectivity index (χ2v) is 6.92. The molecule has 0 unspecified atom stereocenters. The first-order chi connectivity index (χ1) is 10.8. The summed E-state index contributed by atoms with van der Waals surface area (Å²) in [4.78, 5) is 4.29. The molecule has 1 aromatic rings. The van der Waals surface area contributed by atoms with E-state index in [0.717, 1.165) is 11.9 Å². The average molecular weight is 316 g/mol. The summed E-state index contributed by atoms with van der Waals surface area (Å²) in [7, 11) is -0.538. The van der Waals surface area contributed by atoms with E-state index in [1.165, 1.54) is 0 Å². The summed E-state index contributed by atoms with van der Waals surface area (Å²) in [6, 6.07) is 3.86. The van der Waals surface area contributed by atoms with Crippen LogP contribution in [0.3, 0.4) is 0 Å². The molecule has 0 radical (unpaired) electrons. The smallest absolute Gasteiger partial charge is 0.471 e. The number of nitrogens with zero attached hydrogens (tertiary/aromatic N) is 2. The number of aromatic nitrogens is 1. The quantitative estimate of drug-likeness (QED) is 0.785.